The number of rotatable bonds is 3. The summed E-state index contributed by atoms with van der Waals surface area (Å²) >= 11 is 0. The Balaban J connectivity index is 1.03. The van der Waals surface area contributed by atoms with Crippen LogP contribution in [0.2, 0.25) is 0 Å². The van der Waals surface area contributed by atoms with E-state index in [0.29, 0.717) is 0 Å². The van der Waals surface area contributed by atoms with E-state index >= 15 is 0 Å². The molecule has 10 aromatic carbocycles. The van der Waals surface area contributed by atoms with E-state index < -0.39 is 0 Å². The van der Waals surface area contributed by atoms with Gasteiger partial charge >= 0.3 is 0 Å². The molecule has 0 radical (unpaired) electrons. The zero-order valence-electron chi connectivity index (χ0n) is 29.8. The molecule has 0 bridgehead atoms. The van der Waals surface area contributed by atoms with Crippen LogP contribution in [0.25, 0.3) is 98.4 Å². The monoisotopic (exact) mass is 672 g/mol. The molecule has 0 amide bonds. The van der Waals surface area contributed by atoms with Crippen molar-refractivity contribution in [2.24, 2.45) is 0 Å². The lowest BCUT2D eigenvalue weighted by Gasteiger charge is -2.23. The van der Waals surface area contributed by atoms with Crippen molar-refractivity contribution in [3.05, 3.63) is 193 Å². The highest BCUT2D eigenvalue weighted by molar-refractivity contribution is 6.22. The first kappa shape index (κ1) is 30.2. The minimum atomic E-state index is -0.0807. The van der Waals surface area contributed by atoms with E-state index in [1.807, 2.05) is 0 Å². The van der Waals surface area contributed by atoms with Gasteiger partial charge in [0.1, 0.15) is 0 Å². The average Bonchev–Trinajstić information content (AvgIpc) is 3.44. The third kappa shape index (κ3) is 4.49. The Kier molecular flexibility index (Phi) is 6.40. The molecule has 0 unspecified atom stereocenters. The maximum absolute atomic E-state index is 2.44. The Morgan fingerprint density at radius 3 is 1.32 bits per heavy atom. The van der Waals surface area contributed by atoms with Crippen LogP contribution < -0.4 is 0 Å². The van der Waals surface area contributed by atoms with Gasteiger partial charge in [0.05, 0.1) is 0 Å². The first-order valence-corrected chi connectivity index (χ1v) is 18.7. The van der Waals surface area contributed by atoms with Crippen molar-refractivity contribution in [3.63, 3.8) is 0 Å². The molecule has 1 aliphatic rings. The van der Waals surface area contributed by atoms with E-state index in [4.69, 9.17) is 0 Å². The Bertz CT molecular complexity index is 3080. The van der Waals surface area contributed by atoms with Crippen molar-refractivity contribution < 1.29 is 0 Å². The van der Waals surface area contributed by atoms with Crippen LogP contribution in [0.3, 0.4) is 0 Å². The molecular weight excluding hydrogens is 637 g/mol. The van der Waals surface area contributed by atoms with E-state index in [2.05, 4.69) is 196 Å². The van der Waals surface area contributed by atoms with Gasteiger partial charge in [-0.05, 0) is 134 Å². The van der Waals surface area contributed by atoms with Crippen molar-refractivity contribution >= 4 is 53.9 Å². The van der Waals surface area contributed by atoms with Crippen LogP contribution in [-0.4, -0.2) is 0 Å². The van der Waals surface area contributed by atoms with Gasteiger partial charge in [-0.15, -0.1) is 0 Å². The summed E-state index contributed by atoms with van der Waals surface area (Å²) in [5.41, 5.74) is 13.1. The molecule has 0 saturated carbocycles. The van der Waals surface area contributed by atoms with Gasteiger partial charge in [-0.25, -0.2) is 0 Å². The summed E-state index contributed by atoms with van der Waals surface area (Å²) in [6.45, 7) is 4.77. The predicted octanol–water partition coefficient (Wildman–Crippen LogP) is 14.8. The first-order chi connectivity index (χ1) is 26.0. The van der Waals surface area contributed by atoms with E-state index in [9.17, 15) is 0 Å². The van der Waals surface area contributed by atoms with Crippen LogP contribution in [0.15, 0.2) is 182 Å². The van der Waals surface area contributed by atoms with Crippen molar-refractivity contribution in [3.8, 4) is 44.5 Å². The lowest BCUT2D eigenvalue weighted by molar-refractivity contribution is 0.666. The number of hydrogen-bond donors (Lipinski definition) is 0. The highest BCUT2D eigenvalue weighted by atomic mass is 14.4. The Morgan fingerprint density at radius 1 is 0.302 bits per heavy atom. The van der Waals surface area contributed by atoms with Crippen molar-refractivity contribution in [2.75, 3.05) is 0 Å². The smallest absolute Gasteiger partial charge is 0.0165 e. The number of benzene rings is 10. The van der Waals surface area contributed by atoms with Crippen LogP contribution in [-0.2, 0) is 5.41 Å². The average molecular weight is 673 g/mol. The Morgan fingerprint density at radius 2 is 0.698 bits per heavy atom. The molecule has 0 spiro atoms. The Labute approximate surface area is 309 Å². The first-order valence-electron chi connectivity index (χ1n) is 18.7. The lowest BCUT2D eigenvalue weighted by Crippen LogP contribution is -2.15. The summed E-state index contributed by atoms with van der Waals surface area (Å²) in [6.07, 6.45) is 0. The minimum Gasteiger partial charge on any atom is -0.0616 e. The minimum absolute atomic E-state index is 0.0807. The topological polar surface area (TPSA) is 0 Å². The van der Waals surface area contributed by atoms with Crippen molar-refractivity contribution in [2.45, 2.75) is 19.3 Å². The van der Waals surface area contributed by atoms with Gasteiger partial charge < -0.3 is 0 Å². The fraction of sp³-hybridized carbons (Fsp3) is 0.0566. The standard InChI is InChI=1S/C53H36/c1-53(2)49-32-39(26-27-43(49)48-28-25-34-12-5-6-14-42(34)52(48)53)37-20-21-38-31-41(24-22-36(38)29-37)51-46-17-9-7-15-44(46)50(45-16-8-10-18-47(45)51)40-23-19-33-11-3-4-13-35(33)30-40/h3-32H,1-2H3. The molecule has 0 saturated heterocycles. The van der Waals surface area contributed by atoms with E-state index in [-0.39, 0.29) is 5.41 Å². The molecule has 0 heterocycles. The second-order valence-corrected chi connectivity index (χ2v) is 15.3. The van der Waals surface area contributed by atoms with Crippen LogP contribution in [0, 0.1) is 0 Å². The molecule has 11 rings (SSSR count). The van der Waals surface area contributed by atoms with Crippen LogP contribution in [0.5, 0.6) is 0 Å². The fourth-order valence-corrected chi connectivity index (χ4v) is 9.46. The van der Waals surface area contributed by atoms with Gasteiger partial charge in [0, 0.05) is 5.41 Å². The summed E-state index contributed by atoms with van der Waals surface area (Å²) in [7, 11) is 0. The second kappa shape index (κ2) is 11.2. The fourth-order valence-electron chi connectivity index (χ4n) is 9.46. The molecule has 0 aliphatic heterocycles. The molecule has 0 N–H and O–H groups in total. The number of hydrogen-bond acceptors (Lipinski definition) is 0. The summed E-state index contributed by atoms with van der Waals surface area (Å²) in [4.78, 5) is 0. The summed E-state index contributed by atoms with van der Waals surface area (Å²) in [5, 5.41) is 12.8. The molecule has 0 heteroatoms. The maximum atomic E-state index is 2.44. The third-order valence-electron chi connectivity index (χ3n) is 12.0. The third-order valence-corrected chi connectivity index (χ3v) is 12.0. The SMILES string of the molecule is CC1(C)c2cc(-c3ccc4cc(-c5c6ccccc6c(-c6ccc7ccccc7c6)c6ccccc56)ccc4c3)ccc2-c2ccc3ccccc3c21. The normalized spacial score (nSPS) is 13.2. The predicted molar refractivity (Wildman–Crippen MR) is 228 cm³/mol. The lowest BCUT2D eigenvalue weighted by atomic mass is 9.79. The number of fused-ring (bicyclic) bond motifs is 9. The zero-order valence-corrected chi connectivity index (χ0v) is 29.8. The maximum Gasteiger partial charge on any atom is 0.0165 e. The summed E-state index contributed by atoms with van der Waals surface area (Å²) < 4.78 is 0. The van der Waals surface area contributed by atoms with E-state index in [1.54, 1.807) is 0 Å². The molecular formula is C53H36. The molecule has 0 fully saturated rings. The van der Waals surface area contributed by atoms with Crippen LogP contribution in [0.1, 0.15) is 25.0 Å². The van der Waals surface area contributed by atoms with Crippen LogP contribution in [0.4, 0.5) is 0 Å². The van der Waals surface area contributed by atoms with E-state index in [1.165, 1.54) is 109 Å². The highest BCUT2D eigenvalue weighted by Gasteiger charge is 2.37. The van der Waals surface area contributed by atoms with Gasteiger partial charge in [-0.2, -0.15) is 0 Å². The molecule has 53 heavy (non-hydrogen) atoms. The van der Waals surface area contributed by atoms with Gasteiger partial charge in [0.15, 0.2) is 0 Å². The molecule has 1 aliphatic carbocycles. The van der Waals surface area contributed by atoms with Gasteiger partial charge in [0.2, 0.25) is 0 Å². The van der Waals surface area contributed by atoms with Crippen molar-refractivity contribution in [1.82, 2.24) is 0 Å². The van der Waals surface area contributed by atoms with E-state index in [0.717, 1.165) is 0 Å². The highest BCUT2D eigenvalue weighted by Crippen LogP contribution is 2.52. The van der Waals surface area contributed by atoms with Crippen LogP contribution >= 0.6 is 0 Å². The van der Waals surface area contributed by atoms with Gasteiger partial charge in [0.25, 0.3) is 0 Å². The molecule has 0 atom stereocenters. The Hall–Kier alpha value is -6.50. The van der Waals surface area contributed by atoms with Gasteiger partial charge in [-0.1, -0.05) is 172 Å². The van der Waals surface area contributed by atoms with Gasteiger partial charge in [-0.3, -0.25) is 0 Å². The van der Waals surface area contributed by atoms with Crippen molar-refractivity contribution in [1.29, 1.82) is 0 Å². The second-order valence-electron chi connectivity index (χ2n) is 15.3. The molecule has 248 valence electrons. The zero-order chi connectivity index (χ0) is 35.3. The largest absolute Gasteiger partial charge is 0.0616 e. The molecule has 0 aromatic heterocycles. The molecule has 10 aromatic rings. The summed E-state index contributed by atoms with van der Waals surface area (Å²) in [6, 6.07) is 67.9. The summed E-state index contributed by atoms with van der Waals surface area (Å²) in [5.74, 6) is 0. The molecule has 0 nitrogen and oxygen atoms in total. The quantitative estimate of drug-likeness (QED) is 0.164.